The summed E-state index contributed by atoms with van der Waals surface area (Å²) < 4.78 is 6.23. The van der Waals surface area contributed by atoms with Crippen LogP contribution in [0.15, 0.2) is 64.4 Å². The van der Waals surface area contributed by atoms with E-state index in [1.165, 1.54) is 28.3 Å². The summed E-state index contributed by atoms with van der Waals surface area (Å²) in [6, 6.07) is 13.0. The standard InChI is InChI=1S/C22H25N5O4S/c1-31-11-10-26-20(23)19(21(29)25-22(26)30)27(13-16-6-3-2-4-7-16)18(28)15-32-14-17-8-5-9-24-12-17/h2-9,12H,10-11,13-15,23H2,1H3,(H,25,29,30). The van der Waals surface area contributed by atoms with Crippen molar-refractivity contribution in [1.82, 2.24) is 14.5 Å². The lowest BCUT2D eigenvalue weighted by molar-refractivity contribution is -0.116. The number of benzene rings is 1. The number of ether oxygens (including phenoxy) is 1. The van der Waals surface area contributed by atoms with Gasteiger partial charge in [0, 0.05) is 25.3 Å². The van der Waals surface area contributed by atoms with Crippen molar-refractivity contribution in [2.45, 2.75) is 18.8 Å². The summed E-state index contributed by atoms with van der Waals surface area (Å²) in [5, 5.41) is 0. The molecule has 0 atom stereocenters. The van der Waals surface area contributed by atoms with Crippen molar-refractivity contribution in [3.05, 3.63) is 86.8 Å². The van der Waals surface area contributed by atoms with Crippen LogP contribution in [0.5, 0.6) is 0 Å². The number of methoxy groups -OCH3 is 1. The van der Waals surface area contributed by atoms with Crippen LogP contribution >= 0.6 is 11.8 Å². The maximum atomic E-state index is 13.2. The van der Waals surface area contributed by atoms with Gasteiger partial charge in [0.1, 0.15) is 5.82 Å². The molecule has 0 saturated heterocycles. The van der Waals surface area contributed by atoms with Crippen molar-refractivity contribution in [3.63, 3.8) is 0 Å². The molecule has 3 aromatic rings. The predicted molar refractivity (Wildman–Crippen MR) is 126 cm³/mol. The van der Waals surface area contributed by atoms with Gasteiger partial charge in [-0.1, -0.05) is 36.4 Å². The second-order valence-electron chi connectivity index (χ2n) is 6.96. The summed E-state index contributed by atoms with van der Waals surface area (Å²) >= 11 is 1.41. The number of nitrogens with zero attached hydrogens (tertiary/aromatic N) is 3. The lowest BCUT2D eigenvalue weighted by Crippen LogP contribution is -2.41. The fraction of sp³-hybridized carbons (Fsp3) is 0.273. The van der Waals surface area contributed by atoms with Crippen molar-refractivity contribution in [2.24, 2.45) is 0 Å². The van der Waals surface area contributed by atoms with E-state index in [0.29, 0.717) is 5.75 Å². The fourth-order valence-electron chi connectivity index (χ4n) is 3.12. The number of hydrogen-bond donors (Lipinski definition) is 2. The van der Waals surface area contributed by atoms with Crippen LogP contribution in [0.3, 0.4) is 0 Å². The van der Waals surface area contributed by atoms with Gasteiger partial charge in [-0.05, 0) is 17.2 Å². The Morgan fingerprint density at radius 3 is 2.62 bits per heavy atom. The quantitative estimate of drug-likeness (QED) is 0.476. The maximum Gasteiger partial charge on any atom is 0.330 e. The van der Waals surface area contributed by atoms with Gasteiger partial charge in [-0.15, -0.1) is 11.8 Å². The van der Waals surface area contributed by atoms with Crippen molar-refractivity contribution in [3.8, 4) is 0 Å². The average Bonchev–Trinajstić information content (AvgIpc) is 2.79. The predicted octanol–water partition coefficient (Wildman–Crippen LogP) is 1.63. The summed E-state index contributed by atoms with van der Waals surface area (Å²) in [5.41, 5.74) is 6.64. The number of nitrogens with two attached hydrogens (primary N) is 1. The average molecular weight is 456 g/mol. The molecule has 0 fully saturated rings. The Balaban J connectivity index is 1.91. The van der Waals surface area contributed by atoms with E-state index in [0.717, 1.165) is 11.1 Å². The zero-order valence-electron chi connectivity index (χ0n) is 17.7. The fourth-order valence-corrected chi connectivity index (χ4v) is 3.96. The first-order chi connectivity index (χ1) is 15.5. The number of hydrogen-bond acceptors (Lipinski definition) is 7. The minimum atomic E-state index is -0.706. The maximum absolute atomic E-state index is 13.2. The van der Waals surface area contributed by atoms with Crippen molar-refractivity contribution < 1.29 is 9.53 Å². The smallest absolute Gasteiger partial charge is 0.330 e. The van der Waals surface area contributed by atoms with E-state index in [1.54, 1.807) is 12.4 Å². The molecule has 2 aromatic heterocycles. The Bertz CT molecular complexity index is 1150. The number of anilines is 2. The molecule has 0 radical (unpaired) electrons. The Morgan fingerprint density at radius 2 is 1.94 bits per heavy atom. The Kier molecular flexibility index (Phi) is 8.23. The SMILES string of the molecule is COCCn1c(N)c(N(Cc2ccccc2)C(=O)CSCc2cccnc2)c(=O)[nH]c1=O. The van der Waals surface area contributed by atoms with Gasteiger partial charge in [-0.25, -0.2) is 4.79 Å². The second kappa shape index (κ2) is 11.3. The third-order valence-electron chi connectivity index (χ3n) is 4.70. The first-order valence-electron chi connectivity index (χ1n) is 9.93. The molecule has 0 spiro atoms. The number of carbonyl (C=O) groups excluding carboxylic acids is 1. The highest BCUT2D eigenvalue weighted by Gasteiger charge is 2.24. The third-order valence-corrected chi connectivity index (χ3v) is 5.69. The highest BCUT2D eigenvalue weighted by molar-refractivity contribution is 7.99. The molecule has 1 aromatic carbocycles. The van der Waals surface area contributed by atoms with Crippen LogP contribution < -0.4 is 21.9 Å². The summed E-state index contributed by atoms with van der Waals surface area (Å²) in [6.45, 7) is 0.514. The van der Waals surface area contributed by atoms with E-state index in [2.05, 4.69) is 9.97 Å². The van der Waals surface area contributed by atoms with E-state index in [1.807, 2.05) is 42.5 Å². The molecule has 10 heteroatoms. The van der Waals surface area contributed by atoms with Crippen LogP contribution in [-0.2, 0) is 28.4 Å². The zero-order valence-corrected chi connectivity index (χ0v) is 18.5. The van der Waals surface area contributed by atoms with Gasteiger partial charge < -0.3 is 10.5 Å². The number of H-pyrrole nitrogens is 1. The highest BCUT2D eigenvalue weighted by Crippen LogP contribution is 2.22. The summed E-state index contributed by atoms with van der Waals surface area (Å²) in [6.07, 6.45) is 3.43. The van der Waals surface area contributed by atoms with Crippen LogP contribution in [0, 0.1) is 0 Å². The Labute approximate surface area is 189 Å². The molecule has 9 nitrogen and oxygen atoms in total. The molecule has 32 heavy (non-hydrogen) atoms. The number of amides is 1. The van der Waals surface area contributed by atoms with Gasteiger partial charge >= 0.3 is 5.69 Å². The number of aromatic nitrogens is 3. The molecular weight excluding hydrogens is 430 g/mol. The first kappa shape index (κ1) is 23.3. The number of thioether (sulfide) groups is 1. The number of pyridine rings is 1. The molecule has 2 heterocycles. The number of aromatic amines is 1. The summed E-state index contributed by atoms with van der Waals surface area (Å²) in [5.74, 6) is 0.352. The van der Waals surface area contributed by atoms with Crippen molar-refractivity contribution >= 4 is 29.2 Å². The number of carbonyl (C=O) groups is 1. The molecule has 0 aliphatic rings. The van der Waals surface area contributed by atoms with E-state index in [4.69, 9.17) is 10.5 Å². The molecule has 0 saturated carbocycles. The third kappa shape index (κ3) is 5.86. The minimum Gasteiger partial charge on any atom is -0.383 e. The Hall–Kier alpha value is -3.37. The normalized spacial score (nSPS) is 10.8. The van der Waals surface area contributed by atoms with Crippen molar-refractivity contribution in [2.75, 3.05) is 30.1 Å². The zero-order chi connectivity index (χ0) is 22.9. The van der Waals surface area contributed by atoms with Gasteiger partial charge in [-0.3, -0.25) is 29.0 Å². The monoisotopic (exact) mass is 455 g/mol. The molecule has 3 N–H and O–H groups in total. The first-order valence-corrected chi connectivity index (χ1v) is 11.1. The Morgan fingerprint density at radius 1 is 1.19 bits per heavy atom. The van der Waals surface area contributed by atoms with Crippen LogP contribution in [0.4, 0.5) is 11.5 Å². The molecule has 168 valence electrons. The molecule has 3 rings (SSSR count). The molecule has 0 aliphatic heterocycles. The number of nitrogen functional groups attached to an aromatic ring is 1. The van der Waals surface area contributed by atoms with E-state index >= 15 is 0 Å². The lowest BCUT2D eigenvalue weighted by Gasteiger charge is -2.24. The largest absolute Gasteiger partial charge is 0.383 e. The highest BCUT2D eigenvalue weighted by atomic mass is 32.2. The van der Waals surface area contributed by atoms with Crippen LogP contribution in [0.25, 0.3) is 0 Å². The van der Waals surface area contributed by atoms with Crippen LogP contribution in [0.2, 0.25) is 0 Å². The van der Waals surface area contributed by atoms with Gasteiger partial charge in [0.05, 0.1) is 25.4 Å². The van der Waals surface area contributed by atoms with Gasteiger partial charge in [0.25, 0.3) is 5.56 Å². The number of rotatable bonds is 10. The van der Waals surface area contributed by atoms with E-state index in [-0.39, 0.29) is 42.9 Å². The van der Waals surface area contributed by atoms with Crippen molar-refractivity contribution in [1.29, 1.82) is 0 Å². The summed E-state index contributed by atoms with van der Waals surface area (Å²) in [7, 11) is 1.50. The van der Waals surface area contributed by atoms with Crippen LogP contribution in [-0.4, -0.2) is 39.9 Å². The van der Waals surface area contributed by atoms with E-state index < -0.39 is 11.2 Å². The van der Waals surface area contributed by atoms with E-state index in [9.17, 15) is 14.4 Å². The van der Waals surface area contributed by atoms with Gasteiger partial charge in [-0.2, -0.15) is 0 Å². The van der Waals surface area contributed by atoms with Gasteiger partial charge in [0.2, 0.25) is 5.91 Å². The minimum absolute atomic E-state index is 0.0449. The summed E-state index contributed by atoms with van der Waals surface area (Å²) in [4.78, 5) is 45.9. The molecule has 0 aliphatic carbocycles. The molecule has 0 unspecified atom stereocenters. The molecule has 1 amide bonds. The van der Waals surface area contributed by atoms with Gasteiger partial charge in [0.15, 0.2) is 5.69 Å². The number of nitrogens with one attached hydrogen (secondary N) is 1. The lowest BCUT2D eigenvalue weighted by atomic mass is 10.2. The molecular formula is C22H25N5O4S. The second-order valence-corrected chi connectivity index (χ2v) is 7.94. The molecule has 0 bridgehead atoms. The van der Waals surface area contributed by atoms with Crippen LogP contribution in [0.1, 0.15) is 11.1 Å². The topological polar surface area (TPSA) is 123 Å².